The first-order valence-electron chi connectivity index (χ1n) is 7.34. The monoisotopic (exact) mass is 316 g/mol. The van der Waals surface area contributed by atoms with Gasteiger partial charge in [0.25, 0.3) is 6.01 Å². The molecule has 0 bridgehead atoms. The zero-order chi connectivity index (χ0) is 14.8. The Bertz CT molecular complexity index is 752. The Kier molecular flexibility index (Phi) is 3.59. The van der Waals surface area contributed by atoms with Crippen LogP contribution < -0.4 is 10.1 Å². The molecule has 7 nitrogen and oxygen atoms in total. The molecule has 1 aliphatic rings. The van der Waals surface area contributed by atoms with Gasteiger partial charge in [-0.1, -0.05) is 6.42 Å². The average Bonchev–Trinajstić information content (AvgIpc) is 3.12. The van der Waals surface area contributed by atoms with Crippen LogP contribution in [0.15, 0.2) is 17.9 Å². The van der Waals surface area contributed by atoms with E-state index in [1.54, 1.807) is 17.5 Å². The summed E-state index contributed by atoms with van der Waals surface area (Å²) >= 11 is 1.60. The molecule has 0 saturated heterocycles. The topological polar surface area (TPSA) is 88.6 Å². The summed E-state index contributed by atoms with van der Waals surface area (Å²) in [5, 5.41) is 6.20. The number of hydrogen-bond donors (Lipinski definition) is 2. The van der Waals surface area contributed by atoms with Crippen LogP contribution in [0.1, 0.15) is 24.3 Å². The summed E-state index contributed by atoms with van der Waals surface area (Å²) in [7, 11) is 0. The van der Waals surface area contributed by atoms with Gasteiger partial charge in [-0.3, -0.25) is 4.98 Å². The molecule has 2 N–H and O–H groups in total. The first kappa shape index (κ1) is 13.4. The van der Waals surface area contributed by atoms with Crippen LogP contribution in [0.4, 0.5) is 5.82 Å². The van der Waals surface area contributed by atoms with Gasteiger partial charge in [0.15, 0.2) is 17.0 Å². The number of H-pyrrole nitrogens is 1. The van der Waals surface area contributed by atoms with E-state index < -0.39 is 0 Å². The molecule has 3 aromatic rings. The fourth-order valence-electron chi connectivity index (χ4n) is 2.36. The molecule has 3 heterocycles. The molecule has 1 saturated carbocycles. The van der Waals surface area contributed by atoms with E-state index in [-0.39, 0.29) is 0 Å². The van der Waals surface area contributed by atoms with Crippen LogP contribution in [0.25, 0.3) is 11.2 Å². The minimum atomic E-state index is 0.514. The molecule has 8 heteroatoms. The lowest BCUT2D eigenvalue weighted by Gasteiger charge is -2.24. The molecule has 0 aliphatic heterocycles. The molecule has 1 aliphatic carbocycles. The highest BCUT2D eigenvalue weighted by molar-refractivity contribution is 7.09. The molecule has 0 radical (unpaired) electrons. The van der Waals surface area contributed by atoms with E-state index in [1.165, 1.54) is 25.6 Å². The predicted molar refractivity (Wildman–Crippen MR) is 84.0 cm³/mol. The van der Waals surface area contributed by atoms with Gasteiger partial charge in [-0.15, -0.1) is 11.3 Å². The highest BCUT2D eigenvalue weighted by atomic mass is 32.1. The van der Waals surface area contributed by atoms with Crippen molar-refractivity contribution >= 4 is 28.3 Å². The molecule has 4 rings (SSSR count). The highest BCUT2D eigenvalue weighted by Crippen LogP contribution is 2.27. The van der Waals surface area contributed by atoms with Crippen molar-refractivity contribution in [1.82, 2.24) is 24.9 Å². The van der Waals surface area contributed by atoms with Gasteiger partial charge < -0.3 is 10.1 Å². The number of hydrogen-bond acceptors (Lipinski definition) is 7. The SMILES string of the molecule is c1csc(CNc2ncnc3[nH]c(OCC4CCC4)nc23)n1. The standard InChI is InChI=1S/C14H16N6OS/c1-2-9(3-1)7-21-14-19-11-12(17-8-18-13(11)20-14)16-6-10-15-4-5-22-10/h4-5,8-9H,1-3,6-7H2,(H2,16,17,18,19,20). The van der Waals surface area contributed by atoms with Crippen LogP contribution >= 0.6 is 11.3 Å². The zero-order valence-electron chi connectivity index (χ0n) is 12.0. The Morgan fingerprint density at radius 3 is 3.05 bits per heavy atom. The van der Waals surface area contributed by atoms with Gasteiger partial charge in [-0.2, -0.15) is 4.98 Å². The van der Waals surface area contributed by atoms with E-state index in [9.17, 15) is 0 Å². The Balaban J connectivity index is 1.49. The van der Waals surface area contributed by atoms with E-state index in [2.05, 4.69) is 30.2 Å². The number of aromatic amines is 1. The summed E-state index contributed by atoms with van der Waals surface area (Å²) in [5.74, 6) is 1.36. The van der Waals surface area contributed by atoms with Gasteiger partial charge in [0.2, 0.25) is 0 Å². The smallest absolute Gasteiger partial charge is 0.295 e. The second-order valence-corrected chi connectivity index (χ2v) is 6.33. The quantitative estimate of drug-likeness (QED) is 0.726. The second-order valence-electron chi connectivity index (χ2n) is 5.35. The van der Waals surface area contributed by atoms with E-state index in [1.807, 2.05) is 5.38 Å². The summed E-state index contributed by atoms with van der Waals surface area (Å²) in [6, 6.07) is 0.514. The number of fused-ring (bicyclic) bond motifs is 1. The third kappa shape index (κ3) is 2.74. The Hall–Kier alpha value is -2.22. The number of rotatable bonds is 6. The van der Waals surface area contributed by atoms with Gasteiger partial charge in [0.1, 0.15) is 11.3 Å². The fourth-order valence-corrected chi connectivity index (χ4v) is 2.92. The van der Waals surface area contributed by atoms with Crippen LogP contribution in [0, 0.1) is 5.92 Å². The number of ether oxygens (including phenoxy) is 1. The molecule has 0 aromatic carbocycles. The molecular weight excluding hydrogens is 300 g/mol. The molecule has 3 aromatic heterocycles. The summed E-state index contributed by atoms with van der Waals surface area (Å²) in [6.45, 7) is 1.34. The first-order chi connectivity index (χ1) is 10.9. The van der Waals surface area contributed by atoms with Gasteiger partial charge in [-0.25, -0.2) is 15.0 Å². The number of nitrogens with zero attached hydrogens (tertiary/aromatic N) is 4. The van der Waals surface area contributed by atoms with Crippen LogP contribution in [0.5, 0.6) is 6.01 Å². The van der Waals surface area contributed by atoms with Gasteiger partial charge in [0.05, 0.1) is 13.2 Å². The maximum atomic E-state index is 5.73. The molecule has 0 spiro atoms. The zero-order valence-corrected chi connectivity index (χ0v) is 12.8. The van der Waals surface area contributed by atoms with Gasteiger partial charge in [-0.05, 0) is 18.8 Å². The second kappa shape index (κ2) is 5.88. The lowest BCUT2D eigenvalue weighted by atomic mass is 9.86. The number of thiazole rings is 1. The van der Waals surface area contributed by atoms with Crippen molar-refractivity contribution in [2.45, 2.75) is 25.8 Å². The molecule has 1 fully saturated rings. The van der Waals surface area contributed by atoms with Crippen molar-refractivity contribution in [3.8, 4) is 6.01 Å². The largest absolute Gasteiger partial charge is 0.464 e. The van der Waals surface area contributed by atoms with Gasteiger partial charge >= 0.3 is 0 Å². The van der Waals surface area contributed by atoms with Gasteiger partial charge in [0, 0.05) is 11.6 Å². The molecular formula is C14H16N6OS. The number of nitrogens with one attached hydrogen (secondary N) is 2. The van der Waals surface area contributed by atoms with Crippen LogP contribution in [-0.4, -0.2) is 31.5 Å². The summed E-state index contributed by atoms with van der Waals surface area (Å²) in [4.78, 5) is 20.3. The third-order valence-electron chi connectivity index (χ3n) is 3.83. The fraction of sp³-hybridized carbons (Fsp3) is 0.429. The number of anilines is 1. The Morgan fingerprint density at radius 1 is 1.32 bits per heavy atom. The average molecular weight is 316 g/mol. The van der Waals surface area contributed by atoms with Crippen molar-refractivity contribution in [1.29, 1.82) is 0 Å². The minimum Gasteiger partial charge on any atom is -0.464 e. The summed E-state index contributed by atoms with van der Waals surface area (Å²) < 4.78 is 5.73. The van der Waals surface area contributed by atoms with Crippen molar-refractivity contribution in [2.75, 3.05) is 11.9 Å². The molecule has 0 amide bonds. The van der Waals surface area contributed by atoms with Crippen molar-refractivity contribution in [3.05, 3.63) is 22.9 Å². The molecule has 22 heavy (non-hydrogen) atoms. The van der Waals surface area contributed by atoms with Crippen LogP contribution in [-0.2, 0) is 6.54 Å². The molecule has 0 unspecified atom stereocenters. The normalized spacial score (nSPS) is 14.9. The van der Waals surface area contributed by atoms with Crippen molar-refractivity contribution < 1.29 is 4.74 Å². The number of aromatic nitrogens is 5. The van der Waals surface area contributed by atoms with E-state index in [4.69, 9.17) is 4.74 Å². The van der Waals surface area contributed by atoms with Crippen LogP contribution in [0.3, 0.4) is 0 Å². The molecule has 0 atom stereocenters. The lowest BCUT2D eigenvalue weighted by Crippen LogP contribution is -2.19. The Labute approximate surface area is 131 Å². The summed E-state index contributed by atoms with van der Waals surface area (Å²) in [6.07, 6.45) is 7.12. The third-order valence-corrected chi connectivity index (χ3v) is 4.61. The molecule has 114 valence electrons. The minimum absolute atomic E-state index is 0.514. The maximum absolute atomic E-state index is 5.73. The van der Waals surface area contributed by atoms with Crippen molar-refractivity contribution in [2.24, 2.45) is 5.92 Å². The maximum Gasteiger partial charge on any atom is 0.295 e. The van der Waals surface area contributed by atoms with Crippen LogP contribution in [0.2, 0.25) is 0 Å². The number of imidazole rings is 1. The highest BCUT2D eigenvalue weighted by Gasteiger charge is 2.19. The van der Waals surface area contributed by atoms with Crippen molar-refractivity contribution in [3.63, 3.8) is 0 Å². The summed E-state index contributed by atoms with van der Waals surface area (Å²) in [5.41, 5.74) is 1.38. The lowest BCUT2D eigenvalue weighted by molar-refractivity contribution is 0.171. The van der Waals surface area contributed by atoms with E-state index >= 15 is 0 Å². The first-order valence-corrected chi connectivity index (χ1v) is 8.22. The Morgan fingerprint density at radius 2 is 2.27 bits per heavy atom. The predicted octanol–water partition coefficient (Wildman–Crippen LogP) is 2.60. The van der Waals surface area contributed by atoms with E-state index in [0.29, 0.717) is 35.5 Å². The van der Waals surface area contributed by atoms with E-state index in [0.717, 1.165) is 11.6 Å².